The standard InChI is InChI=1S/C18H25FN2O2/c1-3-23-18(13-5-4-6-14(18)11-21(2)10-13)15-9-12(17(20)22)7-8-16(15)19/h7-9,13-14H,3-6,10-11H2,1-2H3,(H2,20,22). The minimum absolute atomic E-state index is 0.234. The molecule has 0 spiro atoms. The van der Waals surface area contributed by atoms with Gasteiger partial charge in [0.05, 0.1) is 0 Å². The second-order valence-electron chi connectivity index (χ2n) is 6.83. The molecule has 1 heterocycles. The van der Waals surface area contributed by atoms with Crippen LogP contribution in [-0.2, 0) is 10.3 Å². The molecule has 1 saturated carbocycles. The minimum Gasteiger partial charge on any atom is -0.370 e. The molecule has 2 bridgehead atoms. The van der Waals surface area contributed by atoms with Crippen LogP contribution < -0.4 is 5.73 Å². The quantitative estimate of drug-likeness (QED) is 0.927. The Hall–Kier alpha value is -1.46. The van der Waals surface area contributed by atoms with Gasteiger partial charge in [0.1, 0.15) is 11.4 Å². The van der Waals surface area contributed by atoms with Crippen LogP contribution in [0, 0.1) is 17.7 Å². The van der Waals surface area contributed by atoms with E-state index in [-0.39, 0.29) is 17.7 Å². The summed E-state index contributed by atoms with van der Waals surface area (Å²) >= 11 is 0. The van der Waals surface area contributed by atoms with Gasteiger partial charge in [-0.15, -0.1) is 0 Å². The number of piperidine rings is 1. The summed E-state index contributed by atoms with van der Waals surface area (Å²) < 4.78 is 21.0. The summed E-state index contributed by atoms with van der Waals surface area (Å²) in [6.45, 7) is 4.25. The average molecular weight is 320 g/mol. The SMILES string of the molecule is CCOC1(c2cc(C(N)=O)ccc2F)C2CCCC1CN(C)C2. The monoisotopic (exact) mass is 320 g/mol. The molecule has 2 unspecified atom stereocenters. The van der Waals surface area contributed by atoms with E-state index in [2.05, 4.69) is 11.9 Å². The summed E-state index contributed by atoms with van der Waals surface area (Å²) in [4.78, 5) is 13.9. The van der Waals surface area contributed by atoms with Crippen molar-refractivity contribution in [3.8, 4) is 0 Å². The second-order valence-corrected chi connectivity index (χ2v) is 6.83. The molecule has 1 aliphatic carbocycles. The molecular weight excluding hydrogens is 295 g/mol. The van der Waals surface area contributed by atoms with E-state index in [1.54, 1.807) is 6.07 Å². The molecule has 2 fully saturated rings. The van der Waals surface area contributed by atoms with E-state index < -0.39 is 11.5 Å². The zero-order chi connectivity index (χ0) is 16.6. The van der Waals surface area contributed by atoms with Gasteiger partial charge in [-0.05, 0) is 45.0 Å². The van der Waals surface area contributed by atoms with Crippen LogP contribution in [-0.4, -0.2) is 37.6 Å². The molecule has 2 N–H and O–H groups in total. The molecule has 0 aromatic heterocycles. The zero-order valence-corrected chi connectivity index (χ0v) is 13.8. The molecule has 5 heteroatoms. The Bertz CT molecular complexity index is 591. The lowest BCUT2D eigenvalue weighted by Crippen LogP contribution is -2.59. The van der Waals surface area contributed by atoms with Gasteiger partial charge in [0, 0.05) is 42.7 Å². The van der Waals surface area contributed by atoms with Crippen molar-refractivity contribution in [1.29, 1.82) is 0 Å². The minimum atomic E-state index is -0.644. The third kappa shape index (κ3) is 2.66. The third-order valence-corrected chi connectivity index (χ3v) is 5.44. The van der Waals surface area contributed by atoms with Crippen LogP contribution in [0.3, 0.4) is 0 Å². The number of carbonyl (C=O) groups excluding carboxylic acids is 1. The first-order chi connectivity index (χ1) is 11.0. The Labute approximate surface area is 136 Å². The lowest BCUT2D eigenvalue weighted by molar-refractivity contribution is -0.181. The highest BCUT2D eigenvalue weighted by molar-refractivity contribution is 5.93. The summed E-state index contributed by atoms with van der Waals surface area (Å²) in [6.07, 6.45) is 3.18. The molecule has 0 radical (unpaired) electrons. The van der Waals surface area contributed by atoms with Crippen molar-refractivity contribution < 1.29 is 13.9 Å². The van der Waals surface area contributed by atoms with Gasteiger partial charge in [0.15, 0.2) is 0 Å². The maximum absolute atomic E-state index is 14.7. The fourth-order valence-electron chi connectivity index (χ4n) is 4.62. The first-order valence-corrected chi connectivity index (χ1v) is 8.41. The first-order valence-electron chi connectivity index (χ1n) is 8.41. The van der Waals surface area contributed by atoms with Crippen molar-refractivity contribution in [1.82, 2.24) is 4.90 Å². The van der Waals surface area contributed by atoms with Crippen molar-refractivity contribution in [3.63, 3.8) is 0 Å². The normalized spacial score (nSPS) is 31.1. The van der Waals surface area contributed by atoms with Gasteiger partial charge in [-0.25, -0.2) is 4.39 Å². The van der Waals surface area contributed by atoms with E-state index in [4.69, 9.17) is 10.5 Å². The van der Waals surface area contributed by atoms with E-state index in [1.807, 2.05) is 6.92 Å². The van der Waals surface area contributed by atoms with Gasteiger partial charge >= 0.3 is 0 Å². The number of benzene rings is 1. The molecule has 1 amide bonds. The maximum Gasteiger partial charge on any atom is 0.248 e. The van der Waals surface area contributed by atoms with E-state index in [0.717, 1.165) is 32.4 Å². The van der Waals surface area contributed by atoms with Gasteiger partial charge in [-0.2, -0.15) is 0 Å². The number of likely N-dealkylation sites (tertiary alicyclic amines) is 1. The largest absolute Gasteiger partial charge is 0.370 e. The van der Waals surface area contributed by atoms with Crippen molar-refractivity contribution in [2.45, 2.75) is 31.8 Å². The number of ether oxygens (including phenoxy) is 1. The van der Waals surface area contributed by atoms with Gasteiger partial charge in [0.25, 0.3) is 0 Å². The molecule has 3 rings (SSSR count). The number of carbonyl (C=O) groups is 1. The first kappa shape index (κ1) is 16.4. The van der Waals surface area contributed by atoms with Gasteiger partial charge in [0.2, 0.25) is 5.91 Å². The number of halogens is 1. The Balaban J connectivity index is 2.15. The van der Waals surface area contributed by atoms with Crippen LogP contribution in [0.2, 0.25) is 0 Å². The molecule has 1 aromatic rings. The molecule has 4 nitrogen and oxygen atoms in total. The van der Waals surface area contributed by atoms with Crippen molar-refractivity contribution in [3.05, 3.63) is 35.1 Å². The summed E-state index contributed by atoms with van der Waals surface area (Å²) in [5, 5.41) is 0. The molecule has 23 heavy (non-hydrogen) atoms. The molecule has 126 valence electrons. The fraction of sp³-hybridized carbons (Fsp3) is 0.611. The van der Waals surface area contributed by atoms with Crippen LogP contribution in [0.5, 0.6) is 0 Å². The van der Waals surface area contributed by atoms with Crippen LogP contribution in [0.1, 0.15) is 42.1 Å². The van der Waals surface area contributed by atoms with E-state index in [0.29, 0.717) is 17.7 Å². The van der Waals surface area contributed by atoms with Crippen LogP contribution in [0.15, 0.2) is 18.2 Å². The van der Waals surface area contributed by atoms with Crippen LogP contribution in [0.4, 0.5) is 4.39 Å². The second kappa shape index (κ2) is 6.21. The van der Waals surface area contributed by atoms with Crippen molar-refractivity contribution in [2.24, 2.45) is 17.6 Å². The maximum atomic E-state index is 14.7. The summed E-state index contributed by atoms with van der Waals surface area (Å²) in [6, 6.07) is 4.42. The Morgan fingerprint density at radius 2 is 2.04 bits per heavy atom. The smallest absolute Gasteiger partial charge is 0.248 e. The highest BCUT2D eigenvalue weighted by Crippen LogP contribution is 2.52. The van der Waals surface area contributed by atoms with E-state index in [9.17, 15) is 9.18 Å². The number of hydrogen-bond donors (Lipinski definition) is 1. The number of nitrogens with two attached hydrogens (primary N) is 1. The van der Waals surface area contributed by atoms with Crippen molar-refractivity contribution in [2.75, 3.05) is 26.7 Å². The molecule has 1 aromatic carbocycles. The molecule has 1 saturated heterocycles. The van der Waals surface area contributed by atoms with Gasteiger partial charge < -0.3 is 15.4 Å². The predicted molar refractivity (Wildman–Crippen MR) is 86.5 cm³/mol. The van der Waals surface area contributed by atoms with Crippen LogP contribution >= 0.6 is 0 Å². The molecular formula is C18H25FN2O2. The third-order valence-electron chi connectivity index (χ3n) is 5.44. The highest BCUT2D eigenvalue weighted by Gasteiger charge is 2.54. The number of hydrogen-bond acceptors (Lipinski definition) is 3. The molecule has 2 atom stereocenters. The van der Waals surface area contributed by atoms with Gasteiger partial charge in [-0.3, -0.25) is 4.79 Å². The number of nitrogens with zero attached hydrogens (tertiary/aromatic N) is 1. The zero-order valence-electron chi connectivity index (χ0n) is 13.8. The average Bonchev–Trinajstić information content (AvgIpc) is 2.48. The lowest BCUT2D eigenvalue weighted by atomic mass is 9.62. The topological polar surface area (TPSA) is 55.6 Å². The Morgan fingerprint density at radius 1 is 1.39 bits per heavy atom. The highest BCUT2D eigenvalue weighted by atomic mass is 19.1. The number of rotatable bonds is 4. The molecule has 2 aliphatic rings. The number of primary amides is 1. The van der Waals surface area contributed by atoms with Crippen LogP contribution in [0.25, 0.3) is 0 Å². The fourth-order valence-corrected chi connectivity index (χ4v) is 4.62. The summed E-state index contributed by atoms with van der Waals surface area (Å²) in [7, 11) is 2.11. The predicted octanol–water partition coefficient (Wildman–Crippen LogP) is 2.52. The van der Waals surface area contributed by atoms with Gasteiger partial charge in [-0.1, -0.05) is 6.42 Å². The lowest BCUT2D eigenvalue weighted by Gasteiger charge is -2.55. The number of fused-ring (bicyclic) bond motifs is 2. The Kier molecular flexibility index (Phi) is 4.43. The number of amides is 1. The molecule has 1 aliphatic heterocycles. The summed E-state index contributed by atoms with van der Waals surface area (Å²) in [5.74, 6) is -0.365. The Morgan fingerprint density at radius 3 is 2.61 bits per heavy atom. The van der Waals surface area contributed by atoms with Crippen molar-refractivity contribution >= 4 is 5.91 Å². The van der Waals surface area contributed by atoms with E-state index >= 15 is 0 Å². The van der Waals surface area contributed by atoms with E-state index in [1.165, 1.54) is 12.1 Å². The summed E-state index contributed by atoms with van der Waals surface area (Å²) in [5.41, 5.74) is 5.62.